The topological polar surface area (TPSA) is 70.7 Å². The van der Waals surface area contributed by atoms with Crippen LogP contribution in [0.3, 0.4) is 0 Å². The molecule has 0 aliphatic rings. The van der Waals surface area contributed by atoms with E-state index >= 15 is 0 Å². The number of likely N-dealkylation sites (N-methyl/N-ethyl adjacent to an activating group) is 1. The number of methoxy groups -OCH3 is 1. The van der Waals surface area contributed by atoms with E-state index in [-0.39, 0.29) is 12.5 Å². The smallest absolute Gasteiger partial charge is 0.413 e. The number of ether oxygens (including phenoxy) is 1. The first-order chi connectivity index (χ1) is 7.10. The van der Waals surface area contributed by atoms with Gasteiger partial charge in [-0.2, -0.15) is 0 Å². The second-order valence-electron chi connectivity index (χ2n) is 3.23. The zero-order chi connectivity index (χ0) is 11.7. The maximum absolute atomic E-state index is 11.2. The van der Waals surface area contributed by atoms with E-state index < -0.39 is 6.09 Å². The van der Waals surface area contributed by atoms with E-state index in [1.807, 2.05) is 19.0 Å². The minimum Gasteiger partial charge on any atom is -0.453 e. The maximum atomic E-state index is 11.2. The quantitative estimate of drug-likeness (QED) is 0.582. The lowest BCUT2D eigenvalue weighted by Gasteiger charge is -2.15. The van der Waals surface area contributed by atoms with Gasteiger partial charge in [-0.25, -0.2) is 4.79 Å². The molecule has 0 unspecified atom stereocenters. The van der Waals surface area contributed by atoms with Crippen LogP contribution in [0.1, 0.15) is 6.42 Å². The van der Waals surface area contributed by atoms with Crippen molar-refractivity contribution >= 4 is 12.0 Å². The Morgan fingerprint density at radius 2 is 2.07 bits per heavy atom. The van der Waals surface area contributed by atoms with Crippen molar-refractivity contribution in [3.8, 4) is 0 Å². The Labute approximate surface area is 90.0 Å². The average molecular weight is 217 g/mol. The molecule has 0 saturated carbocycles. The van der Waals surface area contributed by atoms with E-state index in [4.69, 9.17) is 0 Å². The van der Waals surface area contributed by atoms with Gasteiger partial charge in [0.15, 0.2) is 0 Å². The minimum atomic E-state index is -0.719. The fraction of sp³-hybridized carbons (Fsp3) is 0.778. The Morgan fingerprint density at radius 3 is 2.60 bits per heavy atom. The van der Waals surface area contributed by atoms with Gasteiger partial charge < -0.3 is 10.1 Å². The van der Waals surface area contributed by atoms with Crippen molar-refractivity contribution in [2.75, 3.05) is 40.8 Å². The van der Waals surface area contributed by atoms with Crippen LogP contribution in [0.25, 0.3) is 0 Å². The Balaban J connectivity index is 3.62. The third-order valence-electron chi connectivity index (χ3n) is 1.81. The number of imide groups is 1. The highest BCUT2D eigenvalue weighted by Gasteiger charge is 2.09. The van der Waals surface area contributed by atoms with E-state index in [9.17, 15) is 9.59 Å². The lowest BCUT2D eigenvalue weighted by molar-refractivity contribution is -0.121. The zero-order valence-corrected chi connectivity index (χ0v) is 9.50. The standard InChI is InChI=1S/C9H19N3O3/c1-10-5-4-6-12(2)7-8(13)11-9(14)15-3/h10H,4-7H2,1-3H3,(H,11,13,14). The van der Waals surface area contributed by atoms with E-state index in [1.54, 1.807) is 0 Å². The SMILES string of the molecule is CNCCCN(C)CC(=O)NC(=O)OC. The summed E-state index contributed by atoms with van der Waals surface area (Å²) in [6.07, 6.45) is 0.238. The summed E-state index contributed by atoms with van der Waals surface area (Å²) in [6.45, 7) is 1.90. The number of rotatable bonds is 6. The molecule has 0 rings (SSSR count). The number of nitrogens with one attached hydrogen (secondary N) is 2. The first-order valence-electron chi connectivity index (χ1n) is 4.81. The second kappa shape index (κ2) is 8.19. The second-order valence-corrected chi connectivity index (χ2v) is 3.23. The molecule has 2 amide bonds. The van der Waals surface area contributed by atoms with Gasteiger partial charge in [0.1, 0.15) is 0 Å². The van der Waals surface area contributed by atoms with Crippen LogP contribution in [0.4, 0.5) is 4.79 Å². The molecule has 0 saturated heterocycles. The summed E-state index contributed by atoms with van der Waals surface area (Å²) in [5.41, 5.74) is 0. The summed E-state index contributed by atoms with van der Waals surface area (Å²) in [5.74, 6) is -0.353. The number of alkyl carbamates (subject to hydrolysis) is 1. The summed E-state index contributed by atoms with van der Waals surface area (Å²) in [7, 11) is 4.93. The summed E-state index contributed by atoms with van der Waals surface area (Å²) in [4.78, 5) is 23.7. The molecule has 0 fully saturated rings. The van der Waals surface area contributed by atoms with Crippen LogP contribution in [0.15, 0.2) is 0 Å². The van der Waals surface area contributed by atoms with Crippen LogP contribution in [-0.4, -0.2) is 57.7 Å². The summed E-state index contributed by atoms with van der Waals surface area (Å²) in [6, 6.07) is 0. The first-order valence-corrected chi connectivity index (χ1v) is 4.81. The van der Waals surface area contributed by atoms with E-state index in [0.717, 1.165) is 19.5 Å². The number of carbonyl (C=O) groups excluding carboxylic acids is 2. The lowest BCUT2D eigenvalue weighted by Crippen LogP contribution is -2.39. The summed E-state index contributed by atoms with van der Waals surface area (Å²) in [5, 5.41) is 5.11. The van der Waals surface area contributed by atoms with Crippen molar-refractivity contribution < 1.29 is 14.3 Å². The predicted octanol–water partition coefficient (Wildman–Crippen LogP) is -0.590. The summed E-state index contributed by atoms with van der Waals surface area (Å²) >= 11 is 0. The molecule has 88 valence electrons. The molecule has 0 aromatic rings. The molecule has 2 N–H and O–H groups in total. The number of nitrogens with zero attached hydrogens (tertiary/aromatic N) is 1. The van der Waals surface area contributed by atoms with Gasteiger partial charge in [0.25, 0.3) is 0 Å². The highest BCUT2D eigenvalue weighted by Crippen LogP contribution is 1.86. The Kier molecular flexibility index (Phi) is 7.57. The molecule has 0 radical (unpaired) electrons. The molecule has 0 bridgehead atoms. The normalized spacial score (nSPS) is 10.1. The van der Waals surface area contributed by atoms with Gasteiger partial charge >= 0.3 is 6.09 Å². The largest absolute Gasteiger partial charge is 0.453 e. The highest BCUT2D eigenvalue weighted by molar-refractivity contribution is 5.92. The molecular formula is C9H19N3O3. The first kappa shape index (κ1) is 13.9. The monoisotopic (exact) mass is 217 g/mol. The van der Waals surface area contributed by atoms with Gasteiger partial charge in [0.2, 0.25) is 5.91 Å². The molecule has 6 nitrogen and oxygen atoms in total. The van der Waals surface area contributed by atoms with Crippen LogP contribution in [-0.2, 0) is 9.53 Å². The third kappa shape index (κ3) is 7.90. The number of hydrogen-bond donors (Lipinski definition) is 2. The Hall–Kier alpha value is -1.14. The lowest BCUT2D eigenvalue weighted by atomic mass is 10.4. The molecule has 0 spiro atoms. The fourth-order valence-electron chi connectivity index (χ4n) is 1.05. The molecule has 0 atom stereocenters. The number of carbonyl (C=O) groups is 2. The average Bonchev–Trinajstić information content (AvgIpc) is 2.17. The molecular weight excluding hydrogens is 198 g/mol. The molecule has 0 aromatic heterocycles. The van der Waals surface area contributed by atoms with Gasteiger partial charge in [-0.3, -0.25) is 15.0 Å². The predicted molar refractivity (Wildman–Crippen MR) is 56.6 cm³/mol. The molecule has 15 heavy (non-hydrogen) atoms. The van der Waals surface area contributed by atoms with Crippen molar-refractivity contribution in [2.45, 2.75) is 6.42 Å². The Bertz CT molecular complexity index is 209. The fourth-order valence-corrected chi connectivity index (χ4v) is 1.05. The third-order valence-corrected chi connectivity index (χ3v) is 1.81. The van der Waals surface area contributed by atoms with Crippen LogP contribution in [0, 0.1) is 0 Å². The van der Waals surface area contributed by atoms with E-state index in [1.165, 1.54) is 7.11 Å². The molecule has 0 aromatic carbocycles. The number of hydrogen-bond acceptors (Lipinski definition) is 5. The van der Waals surface area contributed by atoms with Crippen molar-refractivity contribution in [3.63, 3.8) is 0 Å². The van der Waals surface area contributed by atoms with Crippen molar-refractivity contribution in [3.05, 3.63) is 0 Å². The van der Waals surface area contributed by atoms with Crippen LogP contribution in [0.5, 0.6) is 0 Å². The van der Waals surface area contributed by atoms with E-state index in [2.05, 4.69) is 15.4 Å². The highest BCUT2D eigenvalue weighted by atomic mass is 16.5. The molecule has 0 aliphatic heterocycles. The van der Waals surface area contributed by atoms with Gasteiger partial charge in [-0.1, -0.05) is 0 Å². The number of amides is 2. The van der Waals surface area contributed by atoms with E-state index in [0.29, 0.717) is 0 Å². The minimum absolute atomic E-state index is 0.193. The molecule has 0 heterocycles. The van der Waals surface area contributed by atoms with Crippen LogP contribution >= 0.6 is 0 Å². The van der Waals surface area contributed by atoms with Gasteiger partial charge in [0.05, 0.1) is 13.7 Å². The van der Waals surface area contributed by atoms with Crippen molar-refractivity contribution in [2.24, 2.45) is 0 Å². The Morgan fingerprint density at radius 1 is 1.40 bits per heavy atom. The maximum Gasteiger partial charge on any atom is 0.413 e. The summed E-state index contributed by atoms with van der Waals surface area (Å²) < 4.78 is 4.30. The van der Waals surface area contributed by atoms with Gasteiger partial charge in [-0.15, -0.1) is 0 Å². The van der Waals surface area contributed by atoms with Crippen LogP contribution in [0.2, 0.25) is 0 Å². The van der Waals surface area contributed by atoms with Crippen molar-refractivity contribution in [1.82, 2.24) is 15.5 Å². The van der Waals surface area contributed by atoms with Crippen molar-refractivity contribution in [1.29, 1.82) is 0 Å². The molecule has 6 heteroatoms. The molecule has 0 aliphatic carbocycles. The van der Waals surface area contributed by atoms with Gasteiger partial charge in [-0.05, 0) is 33.6 Å². The zero-order valence-electron chi connectivity index (χ0n) is 9.50. The van der Waals surface area contributed by atoms with Gasteiger partial charge in [0, 0.05) is 0 Å². The van der Waals surface area contributed by atoms with Crippen LogP contribution < -0.4 is 10.6 Å².